The van der Waals surface area contributed by atoms with Crippen LogP contribution in [-0.2, 0) is 17.6 Å². The van der Waals surface area contributed by atoms with Gasteiger partial charge in [0.05, 0.1) is 17.1 Å². The molecule has 182 valence electrons. The third kappa shape index (κ3) is 7.12. The fraction of sp³-hybridized carbons (Fsp3) is 0.231. The number of aliphatic hydroxyl groups is 1. The zero-order chi connectivity index (χ0) is 25.2. The molecule has 0 aliphatic rings. The summed E-state index contributed by atoms with van der Waals surface area (Å²) in [6.45, 7) is 0.0648. The Bertz CT molecular complexity index is 1150. The first kappa shape index (κ1) is 25.4. The number of carbonyl (C=O) groups is 2. The smallest absolute Gasteiger partial charge is 0.326 e. The number of hydrogen-bond acceptors (Lipinski definition) is 5. The molecule has 0 saturated carbocycles. The number of carboxylic acid groups (broad SMARTS) is 1. The minimum Gasteiger partial charge on any atom is -0.480 e. The highest BCUT2D eigenvalue weighted by Crippen LogP contribution is 2.31. The van der Waals surface area contributed by atoms with E-state index in [1.165, 1.54) is 11.0 Å². The van der Waals surface area contributed by atoms with Gasteiger partial charge in [-0.25, -0.2) is 9.59 Å². The Balaban J connectivity index is 1.74. The molecule has 0 bridgehead atoms. The van der Waals surface area contributed by atoms with Crippen molar-refractivity contribution in [1.29, 1.82) is 0 Å². The fourth-order valence-electron chi connectivity index (χ4n) is 3.74. The molecule has 0 fully saturated rings. The number of nitrogens with one attached hydrogen (secondary N) is 1. The lowest BCUT2D eigenvalue weighted by atomic mass is 9.98. The summed E-state index contributed by atoms with van der Waals surface area (Å²) in [5.74, 6) is -1.26. The van der Waals surface area contributed by atoms with Gasteiger partial charge in [0, 0.05) is 25.6 Å². The number of rotatable bonds is 11. The van der Waals surface area contributed by atoms with Crippen molar-refractivity contribution in [2.45, 2.75) is 18.9 Å². The highest BCUT2D eigenvalue weighted by Gasteiger charge is 2.25. The van der Waals surface area contributed by atoms with Crippen LogP contribution in [0.2, 0.25) is 0 Å². The molecule has 9 heteroatoms. The van der Waals surface area contributed by atoms with Gasteiger partial charge >= 0.3 is 12.0 Å². The summed E-state index contributed by atoms with van der Waals surface area (Å²) >= 11 is 0. The quantitative estimate of drug-likeness (QED) is 0.286. The Kier molecular flexibility index (Phi) is 8.91. The van der Waals surface area contributed by atoms with Crippen LogP contribution in [0.15, 0.2) is 78.9 Å². The van der Waals surface area contributed by atoms with Gasteiger partial charge in [0.25, 0.3) is 5.69 Å². The number of aliphatic hydroxyl groups excluding tert-OH is 1. The van der Waals surface area contributed by atoms with E-state index < -0.39 is 23.0 Å². The molecule has 2 amide bonds. The number of nitro benzene ring substituents is 1. The second-order valence-corrected chi connectivity index (χ2v) is 7.97. The summed E-state index contributed by atoms with van der Waals surface area (Å²) in [4.78, 5) is 37.2. The molecule has 3 aromatic rings. The van der Waals surface area contributed by atoms with Crippen molar-refractivity contribution in [3.8, 4) is 11.1 Å². The molecule has 0 aromatic heterocycles. The summed E-state index contributed by atoms with van der Waals surface area (Å²) in [5.41, 5.74) is 2.36. The van der Waals surface area contributed by atoms with Crippen molar-refractivity contribution >= 4 is 17.7 Å². The van der Waals surface area contributed by atoms with Gasteiger partial charge in [0.2, 0.25) is 0 Å². The van der Waals surface area contributed by atoms with Gasteiger partial charge in [-0.05, 0) is 29.2 Å². The monoisotopic (exact) mass is 477 g/mol. The molecule has 3 N–H and O–H groups in total. The molecular formula is C26H27N3O6. The van der Waals surface area contributed by atoms with Gasteiger partial charge in [-0.15, -0.1) is 0 Å². The van der Waals surface area contributed by atoms with Crippen molar-refractivity contribution in [2.24, 2.45) is 0 Å². The Labute approximate surface area is 202 Å². The van der Waals surface area contributed by atoms with E-state index in [9.17, 15) is 29.9 Å². The minimum atomic E-state index is -1.30. The molecule has 3 rings (SSSR count). The molecule has 35 heavy (non-hydrogen) atoms. The number of aliphatic carboxylic acids is 1. The maximum Gasteiger partial charge on any atom is 0.326 e. The summed E-state index contributed by atoms with van der Waals surface area (Å²) < 4.78 is 0. The van der Waals surface area contributed by atoms with Crippen LogP contribution in [0.25, 0.3) is 11.1 Å². The number of hydrogen-bond donors (Lipinski definition) is 3. The largest absolute Gasteiger partial charge is 0.480 e. The van der Waals surface area contributed by atoms with Crippen LogP contribution in [-0.4, -0.2) is 57.8 Å². The van der Waals surface area contributed by atoms with Crippen molar-refractivity contribution in [2.75, 3.05) is 19.7 Å². The van der Waals surface area contributed by atoms with Gasteiger partial charge in [0.15, 0.2) is 0 Å². The van der Waals surface area contributed by atoms with Gasteiger partial charge < -0.3 is 20.4 Å². The number of carbonyl (C=O) groups excluding carboxylic acids is 1. The first-order chi connectivity index (χ1) is 16.9. The molecule has 0 unspecified atom stereocenters. The predicted octanol–water partition coefficient (Wildman–Crippen LogP) is 3.50. The second-order valence-electron chi connectivity index (χ2n) is 7.97. The topological polar surface area (TPSA) is 133 Å². The highest BCUT2D eigenvalue weighted by atomic mass is 16.6. The standard InChI is InChI=1S/C26H27N3O6/c30-16-15-28(14-13-19-7-3-1-4-8-19)26(33)27-23(25(31)32)17-20-11-12-22(24(18-20)29(34)35)21-9-5-2-6-10-21/h1-12,18,23,30H,13-17H2,(H,27,33)(H,31,32)/t23-/m0/s1. The molecule has 0 aliphatic carbocycles. The van der Waals surface area contributed by atoms with E-state index in [0.29, 0.717) is 29.7 Å². The molecular weight excluding hydrogens is 450 g/mol. The Morgan fingerprint density at radius 1 is 0.943 bits per heavy atom. The number of benzene rings is 3. The maximum absolute atomic E-state index is 12.8. The van der Waals surface area contributed by atoms with E-state index in [1.807, 2.05) is 36.4 Å². The number of nitro groups is 1. The van der Waals surface area contributed by atoms with Crippen LogP contribution in [0.4, 0.5) is 10.5 Å². The number of amides is 2. The van der Waals surface area contributed by atoms with E-state index >= 15 is 0 Å². The summed E-state index contributed by atoms with van der Waals surface area (Å²) in [7, 11) is 0. The lowest BCUT2D eigenvalue weighted by Gasteiger charge is -2.25. The molecule has 0 saturated heterocycles. The van der Waals surface area contributed by atoms with Crippen LogP contribution in [0, 0.1) is 10.1 Å². The van der Waals surface area contributed by atoms with Crippen molar-refractivity contribution in [1.82, 2.24) is 10.2 Å². The normalized spacial score (nSPS) is 11.5. The Morgan fingerprint density at radius 2 is 1.60 bits per heavy atom. The lowest BCUT2D eigenvalue weighted by molar-refractivity contribution is -0.384. The molecule has 0 radical (unpaired) electrons. The third-order valence-corrected chi connectivity index (χ3v) is 5.55. The van der Waals surface area contributed by atoms with Gasteiger partial charge in [-0.1, -0.05) is 66.7 Å². The summed E-state index contributed by atoms with van der Waals surface area (Å²) in [6.07, 6.45) is 0.405. The first-order valence-electron chi connectivity index (χ1n) is 11.1. The van der Waals surface area contributed by atoms with E-state index in [4.69, 9.17) is 0 Å². The second kappa shape index (κ2) is 12.3. The Hall–Kier alpha value is -4.24. The molecule has 9 nitrogen and oxygen atoms in total. The number of carboxylic acids is 1. The number of urea groups is 1. The third-order valence-electron chi connectivity index (χ3n) is 5.55. The van der Waals surface area contributed by atoms with Crippen LogP contribution in [0.1, 0.15) is 11.1 Å². The number of nitrogens with zero attached hydrogens (tertiary/aromatic N) is 2. The average Bonchev–Trinajstić information content (AvgIpc) is 2.87. The molecule has 3 aromatic carbocycles. The molecule has 1 atom stereocenters. The first-order valence-corrected chi connectivity index (χ1v) is 11.1. The van der Waals surface area contributed by atoms with Gasteiger partial charge in [-0.2, -0.15) is 0 Å². The van der Waals surface area contributed by atoms with Crippen LogP contribution < -0.4 is 5.32 Å². The zero-order valence-electron chi connectivity index (χ0n) is 19.0. The SMILES string of the molecule is O=C(O)[C@H](Cc1ccc(-c2ccccc2)c([N+](=O)[O-])c1)NC(=O)N(CCO)CCc1ccccc1. The van der Waals surface area contributed by atoms with Crippen LogP contribution in [0.5, 0.6) is 0 Å². The summed E-state index contributed by atoms with van der Waals surface area (Å²) in [5, 5.41) is 33.2. The highest BCUT2D eigenvalue weighted by molar-refractivity contribution is 5.83. The van der Waals surface area contributed by atoms with Crippen molar-refractivity contribution in [3.05, 3.63) is 100 Å². The predicted molar refractivity (Wildman–Crippen MR) is 131 cm³/mol. The van der Waals surface area contributed by atoms with E-state index in [-0.39, 0.29) is 25.3 Å². The van der Waals surface area contributed by atoms with E-state index in [1.54, 1.807) is 36.4 Å². The van der Waals surface area contributed by atoms with E-state index in [0.717, 1.165) is 5.56 Å². The van der Waals surface area contributed by atoms with Crippen LogP contribution in [0.3, 0.4) is 0 Å². The molecule has 0 aliphatic heterocycles. The Morgan fingerprint density at radius 3 is 2.20 bits per heavy atom. The van der Waals surface area contributed by atoms with Gasteiger partial charge in [0.1, 0.15) is 6.04 Å². The lowest BCUT2D eigenvalue weighted by Crippen LogP contribution is -2.50. The van der Waals surface area contributed by atoms with Crippen molar-refractivity contribution < 1.29 is 24.7 Å². The molecule has 0 spiro atoms. The molecule has 0 heterocycles. The van der Waals surface area contributed by atoms with Gasteiger partial charge in [-0.3, -0.25) is 10.1 Å². The average molecular weight is 478 g/mol. The van der Waals surface area contributed by atoms with Crippen LogP contribution >= 0.6 is 0 Å². The van der Waals surface area contributed by atoms with E-state index in [2.05, 4.69) is 5.32 Å². The maximum atomic E-state index is 12.8. The fourth-order valence-corrected chi connectivity index (χ4v) is 3.74. The zero-order valence-corrected chi connectivity index (χ0v) is 19.0. The van der Waals surface area contributed by atoms with Crippen molar-refractivity contribution in [3.63, 3.8) is 0 Å². The summed E-state index contributed by atoms with van der Waals surface area (Å²) in [6, 6.07) is 21.0. The minimum absolute atomic E-state index is 0.0439.